The second-order valence-corrected chi connectivity index (χ2v) is 5.49. The van der Waals surface area contributed by atoms with Crippen LogP contribution in [-0.4, -0.2) is 24.1 Å². The van der Waals surface area contributed by atoms with Gasteiger partial charge in [0.2, 0.25) is 5.95 Å². The van der Waals surface area contributed by atoms with Crippen molar-refractivity contribution in [2.24, 2.45) is 0 Å². The second-order valence-electron chi connectivity index (χ2n) is 4.25. The zero-order valence-electron chi connectivity index (χ0n) is 10.6. The van der Waals surface area contributed by atoms with Crippen LogP contribution in [0.3, 0.4) is 0 Å². The molecule has 5 heteroatoms. The molecule has 0 atom stereocenters. The Bertz CT molecular complexity index is 537. The highest BCUT2D eigenvalue weighted by atomic mass is 127. The van der Waals surface area contributed by atoms with Gasteiger partial charge in [-0.3, -0.25) is 0 Å². The molecule has 2 aromatic rings. The Labute approximate surface area is 121 Å². The third kappa shape index (κ3) is 3.10. The molecule has 0 aliphatic heterocycles. The number of aromatic nitrogens is 2. The van der Waals surface area contributed by atoms with Crippen molar-refractivity contribution in [2.45, 2.75) is 6.92 Å². The summed E-state index contributed by atoms with van der Waals surface area (Å²) in [5, 5.41) is 3.20. The molecule has 0 unspecified atom stereocenters. The summed E-state index contributed by atoms with van der Waals surface area (Å²) in [6.07, 6.45) is 3.58. The monoisotopic (exact) mass is 354 g/mol. The Balaban J connectivity index is 2.24. The Morgan fingerprint density at radius 2 is 1.83 bits per heavy atom. The van der Waals surface area contributed by atoms with Gasteiger partial charge < -0.3 is 10.2 Å². The first-order chi connectivity index (χ1) is 8.56. The van der Waals surface area contributed by atoms with Gasteiger partial charge in [0.15, 0.2) is 0 Å². The van der Waals surface area contributed by atoms with E-state index in [-0.39, 0.29) is 0 Å². The molecule has 2 rings (SSSR count). The number of halogens is 1. The molecular formula is C13H15IN4. The minimum atomic E-state index is 0.615. The van der Waals surface area contributed by atoms with Gasteiger partial charge in [0, 0.05) is 41.4 Å². The van der Waals surface area contributed by atoms with E-state index in [9.17, 15) is 0 Å². The molecule has 0 aliphatic carbocycles. The molecule has 0 amide bonds. The van der Waals surface area contributed by atoms with Gasteiger partial charge in [-0.15, -0.1) is 0 Å². The molecule has 0 fully saturated rings. The van der Waals surface area contributed by atoms with E-state index in [2.05, 4.69) is 61.8 Å². The quantitative estimate of drug-likeness (QED) is 0.860. The van der Waals surface area contributed by atoms with E-state index in [4.69, 9.17) is 0 Å². The van der Waals surface area contributed by atoms with Gasteiger partial charge in [0.1, 0.15) is 0 Å². The first-order valence-electron chi connectivity index (χ1n) is 5.59. The van der Waals surface area contributed by atoms with E-state index in [1.807, 2.05) is 20.2 Å². The molecule has 0 aliphatic rings. The number of aryl methyl sites for hydroxylation is 1. The fourth-order valence-corrected chi connectivity index (χ4v) is 1.95. The summed E-state index contributed by atoms with van der Waals surface area (Å²) >= 11 is 2.19. The highest BCUT2D eigenvalue weighted by molar-refractivity contribution is 14.1. The van der Waals surface area contributed by atoms with Gasteiger partial charge in [-0.25, -0.2) is 9.97 Å². The number of hydrogen-bond donors (Lipinski definition) is 1. The fraction of sp³-hybridized carbons (Fsp3) is 0.231. The third-order valence-corrected chi connectivity index (χ3v) is 3.12. The lowest BCUT2D eigenvalue weighted by Crippen LogP contribution is -2.10. The molecule has 94 valence electrons. The molecule has 18 heavy (non-hydrogen) atoms. The van der Waals surface area contributed by atoms with Crippen LogP contribution in [0, 0.1) is 10.5 Å². The molecule has 1 aromatic carbocycles. The highest BCUT2D eigenvalue weighted by Crippen LogP contribution is 2.23. The predicted octanol–water partition coefficient (Wildman–Crippen LogP) is 3.20. The molecule has 0 bridgehead atoms. The van der Waals surface area contributed by atoms with Crippen molar-refractivity contribution in [1.29, 1.82) is 0 Å². The maximum absolute atomic E-state index is 4.23. The number of anilines is 3. The van der Waals surface area contributed by atoms with Crippen LogP contribution in [-0.2, 0) is 0 Å². The molecule has 0 saturated heterocycles. The van der Waals surface area contributed by atoms with E-state index in [1.54, 1.807) is 12.4 Å². The van der Waals surface area contributed by atoms with E-state index in [1.165, 1.54) is 11.3 Å². The summed E-state index contributed by atoms with van der Waals surface area (Å²) < 4.78 is 1.02. The third-order valence-electron chi connectivity index (χ3n) is 2.57. The fourth-order valence-electron chi connectivity index (χ4n) is 1.67. The van der Waals surface area contributed by atoms with Crippen molar-refractivity contribution >= 4 is 39.9 Å². The lowest BCUT2D eigenvalue weighted by atomic mass is 10.1. The molecular weight excluding hydrogens is 339 g/mol. The standard InChI is InChI=1S/C13H15IN4/c1-9-4-5-11(6-12(9)18(2)3)17-13-15-7-10(14)8-16-13/h4-8H,1-3H3,(H,15,16,17). The first-order valence-corrected chi connectivity index (χ1v) is 6.66. The molecule has 0 saturated carbocycles. The van der Waals surface area contributed by atoms with Crippen molar-refractivity contribution in [3.63, 3.8) is 0 Å². The maximum atomic E-state index is 4.23. The Hall–Kier alpha value is -1.37. The SMILES string of the molecule is Cc1ccc(Nc2ncc(I)cn2)cc1N(C)C. The van der Waals surface area contributed by atoms with E-state index in [0.717, 1.165) is 9.26 Å². The van der Waals surface area contributed by atoms with Crippen LogP contribution in [0.2, 0.25) is 0 Å². The zero-order valence-corrected chi connectivity index (χ0v) is 12.8. The smallest absolute Gasteiger partial charge is 0.227 e. The van der Waals surface area contributed by atoms with Crippen molar-refractivity contribution in [3.05, 3.63) is 39.7 Å². The van der Waals surface area contributed by atoms with Gasteiger partial charge in [-0.1, -0.05) is 6.07 Å². The van der Waals surface area contributed by atoms with Crippen LogP contribution >= 0.6 is 22.6 Å². The van der Waals surface area contributed by atoms with Gasteiger partial charge >= 0.3 is 0 Å². The molecule has 1 N–H and O–H groups in total. The number of nitrogens with zero attached hydrogens (tertiary/aromatic N) is 3. The van der Waals surface area contributed by atoms with Crippen LogP contribution in [0.25, 0.3) is 0 Å². The predicted molar refractivity (Wildman–Crippen MR) is 83.5 cm³/mol. The minimum Gasteiger partial charge on any atom is -0.377 e. The number of rotatable bonds is 3. The lowest BCUT2D eigenvalue weighted by Gasteiger charge is -2.17. The zero-order chi connectivity index (χ0) is 13.1. The number of nitrogens with one attached hydrogen (secondary N) is 1. The van der Waals surface area contributed by atoms with Crippen LogP contribution in [0.15, 0.2) is 30.6 Å². The Morgan fingerprint density at radius 1 is 1.17 bits per heavy atom. The van der Waals surface area contributed by atoms with Crippen LogP contribution in [0.5, 0.6) is 0 Å². The molecule has 4 nitrogen and oxygen atoms in total. The lowest BCUT2D eigenvalue weighted by molar-refractivity contribution is 1.11. The van der Waals surface area contributed by atoms with Crippen LogP contribution < -0.4 is 10.2 Å². The normalized spacial score (nSPS) is 10.2. The van der Waals surface area contributed by atoms with Crippen molar-refractivity contribution in [2.75, 3.05) is 24.3 Å². The summed E-state index contributed by atoms with van der Waals surface area (Å²) in [7, 11) is 4.07. The summed E-state index contributed by atoms with van der Waals surface area (Å²) in [4.78, 5) is 10.5. The van der Waals surface area contributed by atoms with E-state index >= 15 is 0 Å². The summed E-state index contributed by atoms with van der Waals surface area (Å²) in [6, 6.07) is 6.21. The second kappa shape index (κ2) is 5.51. The molecule has 0 radical (unpaired) electrons. The topological polar surface area (TPSA) is 41.1 Å². The average Bonchev–Trinajstić information content (AvgIpc) is 2.34. The maximum Gasteiger partial charge on any atom is 0.227 e. The average molecular weight is 354 g/mol. The van der Waals surface area contributed by atoms with Gasteiger partial charge in [-0.05, 0) is 47.2 Å². The largest absolute Gasteiger partial charge is 0.377 e. The van der Waals surface area contributed by atoms with E-state index in [0.29, 0.717) is 5.95 Å². The minimum absolute atomic E-state index is 0.615. The molecule has 0 spiro atoms. The summed E-state index contributed by atoms with van der Waals surface area (Å²) in [5.74, 6) is 0.615. The first kappa shape index (κ1) is 13.1. The Kier molecular flexibility index (Phi) is 4.00. The summed E-state index contributed by atoms with van der Waals surface area (Å²) in [5.41, 5.74) is 3.42. The number of hydrogen-bond acceptors (Lipinski definition) is 4. The van der Waals surface area contributed by atoms with Crippen LogP contribution in [0.1, 0.15) is 5.56 Å². The molecule has 1 heterocycles. The van der Waals surface area contributed by atoms with Gasteiger partial charge in [0.25, 0.3) is 0 Å². The van der Waals surface area contributed by atoms with E-state index < -0.39 is 0 Å². The molecule has 1 aromatic heterocycles. The van der Waals surface area contributed by atoms with Gasteiger partial charge in [0.05, 0.1) is 0 Å². The van der Waals surface area contributed by atoms with Gasteiger partial charge in [-0.2, -0.15) is 0 Å². The summed E-state index contributed by atoms with van der Waals surface area (Å²) in [6.45, 7) is 2.10. The van der Waals surface area contributed by atoms with Crippen molar-refractivity contribution in [3.8, 4) is 0 Å². The van der Waals surface area contributed by atoms with Crippen LogP contribution in [0.4, 0.5) is 17.3 Å². The highest BCUT2D eigenvalue weighted by Gasteiger charge is 2.03. The number of benzene rings is 1. The van der Waals surface area contributed by atoms with Crippen molar-refractivity contribution < 1.29 is 0 Å². The Morgan fingerprint density at radius 3 is 2.44 bits per heavy atom. The van der Waals surface area contributed by atoms with Crippen molar-refractivity contribution in [1.82, 2.24) is 9.97 Å².